The molecule has 5 rings (SSSR count). The largest absolute Gasteiger partial charge is 0.493 e. The SMILES string of the molecule is COc1cc2ncnc(Nc3cc(Cl)ccc3F)c2cc1O[C@H]1CC[C@H](N2CCNC(=O)C2)CC1. The topological polar surface area (TPSA) is 88.6 Å². The van der Waals surface area contributed by atoms with Crippen molar-refractivity contribution in [2.45, 2.75) is 37.8 Å². The Morgan fingerprint density at radius 2 is 1.97 bits per heavy atom. The number of anilines is 2. The van der Waals surface area contributed by atoms with Crippen LogP contribution >= 0.6 is 11.6 Å². The molecule has 0 radical (unpaired) electrons. The molecular weight excluding hydrogens is 473 g/mol. The Morgan fingerprint density at radius 3 is 2.74 bits per heavy atom. The van der Waals surface area contributed by atoms with Crippen molar-refractivity contribution < 1.29 is 18.7 Å². The predicted molar refractivity (Wildman–Crippen MR) is 132 cm³/mol. The van der Waals surface area contributed by atoms with Gasteiger partial charge in [0.05, 0.1) is 31.0 Å². The summed E-state index contributed by atoms with van der Waals surface area (Å²) in [6.07, 6.45) is 5.15. The van der Waals surface area contributed by atoms with Crippen molar-refractivity contribution in [1.29, 1.82) is 0 Å². The highest BCUT2D eigenvalue weighted by atomic mass is 35.5. The zero-order chi connectivity index (χ0) is 24.4. The van der Waals surface area contributed by atoms with E-state index >= 15 is 0 Å². The maximum atomic E-state index is 14.3. The normalized spacial score (nSPS) is 20.9. The molecule has 2 N–H and O–H groups in total. The number of amides is 1. The number of nitrogens with one attached hydrogen (secondary N) is 2. The molecular formula is C25H27ClFN5O3. The molecule has 35 heavy (non-hydrogen) atoms. The maximum absolute atomic E-state index is 14.3. The van der Waals surface area contributed by atoms with Crippen LogP contribution in [0.1, 0.15) is 25.7 Å². The summed E-state index contributed by atoms with van der Waals surface area (Å²) in [6, 6.07) is 8.33. The number of hydrogen-bond donors (Lipinski definition) is 2. The third-order valence-corrected chi connectivity index (χ3v) is 6.86. The molecule has 0 unspecified atom stereocenters. The van der Waals surface area contributed by atoms with Crippen molar-refractivity contribution in [1.82, 2.24) is 20.2 Å². The standard InChI is InChI=1S/C25H27ClFN5O3/c1-34-22-12-20-18(25(30-14-29-20)31-21-10-15(26)2-7-19(21)27)11-23(22)35-17-5-3-16(4-6-17)32-9-8-28-24(33)13-32/h2,7,10-12,14,16-17H,3-6,8-9,13H2,1H3,(H,28,33)(H,29,30,31)/t16-,17-. The summed E-state index contributed by atoms with van der Waals surface area (Å²) in [5, 5.41) is 7.00. The van der Waals surface area contributed by atoms with Crippen LogP contribution in [0, 0.1) is 5.82 Å². The smallest absolute Gasteiger partial charge is 0.234 e. The molecule has 1 aliphatic carbocycles. The van der Waals surface area contributed by atoms with Crippen molar-refractivity contribution in [3.05, 3.63) is 47.5 Å². The van der Waals surface area contributed by atoms with Crippen molar-refractivity contribution in [2.75, 3.05) is 32.1 Å². The van der Waals surface area contributed by atoms with Crippen LogP contribution in [0.25, 0.3) is 10.9 Å². The number of benzene rings is 2. The van der Waals surface area contributed by atoms with Gasteiger partial charge >= 0.3 is 0 Å². The van der Waals surface area contributed by atoms with E-state index in [0.29, 0.717) is 52.4 Å². The first kappa shape index (κ1) is 23.6. The van der Waals surface area contributed by atoms with E-state index in [-0.39, 0.29) is 17.7 Å². The molecule has 2 fully saturated rings. The van der Waals surface area contributed by atoms with Crippen molar-refractivity contribution >= 4 is 39.9 Å². The molecule has 1 aliphatic heterocycles. The first-order valence-electron chi connectivity index (χ1n) is 11.7. The minimum absolute atomic E-state index is 0.0302. The summed E-state index contributed by atoms with van der Waals surface area (Å²) in [5.74, 6) is 1.26. The summed E-state index contributed by atoms with van der Waals surface area (Å²) < 4.78 is 26.3. The molecule has 3 aromatic rings. The molecule has 1 saturated heterocycles. The van der Waals surface area contributed by atoms with Gasteiger partial charge in [-0.2, -0.15) is 0 Å². The minimum atomic E-state index is -0.436. The highest BCUT2D eigenvalue weighted by Crippen LogP contribution is 2.37. The van der Waals surface area contributed by atoms with Crippen LogP contribution in [0.15, 0.2) is 36.7 Å². The molecule has 2 aliphatic rings. The van der Waals surface area contributed by atoms with Crippen LogP contribution in [0.5, 0.6) is 11.5 Å². The first-order chi connectivity index (χ1) is 17.0. The van der Waals surface area contributed by atoms with E-state index in [1.807, 2.05) is 6.07 Å². The molecule has 2 aromatic carbocycles. The molecule has 0 spiro atoms. The summed E-state index contributed by atoms with van der Waals surface area (Å²) >= 11 is 6.04. The Morgan fingerprint density at radius 1 is 1.14 bits per heavy atom. The second-order valence-electron chi connectivity index (χ2n) is 8.86. The monoisotopic (exact) mass is 499 g/mol. The fraction of sp³-hybridized carbons (Fsp3) is 0.400. The van der Waals surface area contributed by atoms with Gasteiger partial charge in [0.25, 0.3) is 0 Å². The third-order valence-electron chi connectivity index (χ3n) is 6.62. The van der Waals surface area contributed by atoms with Crippen LogP contribution in [0.2, 0.25) is 5.02 Å². The van der Waals surface area contributed by atoms with Crippen molar-refractivity contribution in [2.24, 2.45) is 0 Å². The Hall–Kier alpha value is -3.17. The number of halogens is 2. The van der Waals surface area contributed by atoms with Crippen LogP contribution in [0.3, 0.4) is 0 Å². The zero-order valence-corrected chi connectivity index (χ0v) is 20.1. The number of carbonyl (C=O) groups is 1. The third kappa shape index (κ3) is 5.26. The first-order valence-corrected chi connectivity index (χ1v) is 12.1. The molecule has 184 valence electrons. The Labute approximate surface area is 207 Å². The molecule has 2 heterocycles. The van der Waals surface area contributed by atoms with E-state index in [0.717, 1.165) is 32.2 Å². The Kier molecular flexibility index (Phi) is 6.88. The van der Waals surface area contributed by atoms with E-state index in [9.17, 15) is 9.18 Å². The van der Waals surface area contributed by atoms with Gasteiger partial charge in [0.1, 0.15) is 18.0 Å². The maximum Gasteiger partial charge on any atom is 0.234 e. The summed E-state index contributed by atoms with van der Waals surface area (Å²) in [5.41, 5.74) is 0.863. The fourth-order valence-corrected chi connectivity index (χ4v) is 4.99. The van der Waals surface area contributed by atoms with E-state index < -0.39 is 5.82 Å². The van der Waals surface area contributed by atoms with Gasteiger partial charge in [-0.25, -0.2) is 14.4 Å². The Bertz CT molecular complexity index is 1240. The second kappa shape index (κ2) is 10.2. The highest BCUT2D eigenvalue weighted by Gasteiger charge is 2.30. The van der Waals surface area contributed by atoms with Crippen LogP contribution in [-0.4, -0.2) is 59.7 Å². The summed E-state index contributed by atoms with van der Waals surface area (Å²) in [6.45, 7) is 2.07. The molecule has 1 saturated carbocycles. The average molecular weight is 500 g/mol. The fourth-order valence-electron chi connectivity index (χ4n) is 4.81. The van der Waals surface area contributed by atoms with Gasteiger partial charge in [0.2, 0.25) is 5.91 Å². The van der Waals surface area contributed by atoms with E-state index in [1.54, 1.807) is 13.2 Å². The predicted octanol–water partition coefficient (Wildman–Crippen LogP) is 4.30. The summed E-state index contributed by atoms with van der Waals surface area (Å²) in [4.78, 5) is 22.7. The lowest BCUT2D eigenvalue weighted by molar-refractivity contribution is -0.125. The Balaban J connectivity index is 1.35. The van der Waals surface area contributed by atoms with E-state index in [1.165, 1.54) is 24.5 Å². The van der Waals surface area contributed by atoms with Crippen LogP contribution in [-0.2, 0) is 4.79 Å². The van der Waals surface area contributed by atoms with Crippen LogP contribution < -0.4 is 20.1 Å². The number of methoxy groups -OCH3 is 1. The lowest BCUT2D eigenvalue weighted by atomic mass is 9.91. The molecule has 0 atom stereocenters. The van der Waals surface area contributed by atoms with Crippen molar-refractivity contribution in [3.8, 4) is 11.5 Å². The molecule has 10 heteroatoms. The zero-order valence-electron chi connectivity index (χ0n) is 19.4. The average Bonchev–Trinajstić information content (AvgIpc) is 2.86. The second-order valence-corrected chi connectivity index (χ2v) is 9.30. The molecule has 1 aromatic heterocycles. The van der Waals surface area contributed by atoms with E-state index in [4.69, 9.17) is 21.1 Å². The number of ether oxygens (including phenoxy) is 2. The highest BCUT2D eigenvalue weighted by molar-refractivity contribution is 6.30. The van der Waals surface area contributed by atoms with Gasteiger partial charge in [0.15, 0.2) is 11.5 Å². The molecule has 8 nitrogen and oxygen atoms in total. The number of carbonyl (C=O) groups excluding carboxylic acids is 1. The van der Waals surface area contributed by atoms with Gasteiger partial charge in [-0.3, -0.25) is 9.69 Å². The van der Waals surface area contributed by atoms with Gasteiger partial charge < -0.3 is 20.1 Å². The summed E-state index contributed by atoms with van der Waals surface area (Å²) in [7, 11) is 1.59. The van der Waals surface area contributed by atoms with Gasteiger partial charge in [-0.1, -0.05) is 11.6 Å². The molecule has 1 amide bonds. The molecule has 0 bridgehead atoms. The van der Waals surface area contributed by atoms with Gasteiger partial charge in [-0.15, -0.1) is 0 Å². The number of nitrogens with zero attached hydrogens (tertiary/aromatic N) is 3. The number of piperazine rings is 1. The number of hydrogen-bond acceptors (Lipinski definition) is 7. The van der Waals surface area contributed by atoms with Crippen LogP contribution in [0.4, 0.5) is 15.9 Å². The van der Waals surface area contributed by atoms with Gasteiger partial charge in [-0.05, 0) is 49.9 Å². The lowest BCUT2D eigenvalue weighted by Gasteiger charge is -2.38. The van der Waals surface area contributed by atoms with E-state index in [2.05, 4.69) is 25.5 Å². The lowest BCUT2D eigenvalue weighted by Crippen LogP contribution is -2.52. The minimum Gasteiger partial charge on any atom is -0.493 e. The van der Waals surface area contributed by atoms with Gasteiger partial charge in [0, 0.05) is 35.6 Å². The number of rotatable bonds is 6. The number of fused-ring (bicyclic) bond motifs is 1. The van der Waals surface area contributed by atoms with Crippen molar-refractivity contribution in [3.63, 3.8) is 0 Å². The number of aromatic nitrogens is 2. The quantitative estimate of drug-likeness (QED) is 0.523.